The predicted octanol–water partition coefficient (Wildman–Crippen LogP) is 1.68. The Bertz CT molecular complexity index is 330. The summed E-state index contributed by atoms with van der Waals surface area (Å²) in [6, 6.07) is 1.15. The number of aromatic nitrogens is 1. The van der Waals surface area contributed by atoms with Crippen LogP contribution in [0.2, 0.25) is 0 Å². The number of carbonyl (C=O) groups excluding carboxylic acids is 1. The van der Waals surface area contributed by atoms with Crippen LogP contribution in [0.3, 0.4) is 0 Å². The van der Waals surface area contributed by atoms with E-state index in [1.54, 1.807) is 0 Å². The number of aldehydes is 1. The molecule has 0 aliphatic rings. The maximum absolute atomic E-state index is 12.8. The molecule has 0 amide bonds. The zero-order valence-corrected chi connectivity index (χ0v) is 6.91. The van der Waals surface area contributed by atoms with Crippen molar-refractivity contribution in [2.75, 3.05) is 6.61 Å². The molecule has 1 aromatic rings. The van der Waals surface area contributed by atoms with Crippen molar-refractivity contribution in [3.8, 4) is 5.75 Å². The third kappa shape index (κ3) is 2.45. The van der Waals surface area contributed by atoms with Crippen LogP contribution in [0, 0.1) is 5.95 Å². The SMILES string of the molecule is O=Cc1c(OCC(F)F)ccnc1F. The van der Waals surface area contributed by atoms with Crippen LogP contribution in [0.25, 0.3) is 0 Å². The van der Waals surface area contributed by atoms with E-state index in [0.717, 1.165) is 12.3 Å². The summed E-state index contributed by atoms with van der Waals surface area (Å²) in [6.07, 6.45) is -1.47. The molecule has 0 radical (unpaired) electrons. The quantitative estimate of drug-likeness (QED) is 0.554. The monoisotopic (exact) mass is 205 g/mol. The fourth-order valence-corrected chi connectivity index (χ4v) is 0.817. The Morgan fingerprint density at radius 3 is 2.86 bits per heavy atom. The zero-order chi connectivity index (χ0) is 10.6. The maximum atomic E-state index is 12.8. The van der Waals surface area contributed by atoms with Crippen LogP contribution in [0.1, 0.15) is 10.4 Å². The minimum Gasteiger partial charge on any atom is -0.487 e. The van der Waals surface area contributed by atoms with Crippen molar-refractivity contribution in [3.63, 3.8) is 0 Å². The summed E-state index contributed by atoms with van der Waals surface area (Å²) in [4.78, 5) is 13.5. The van der Waals surface area contributed by atoms with E-state index in [4.69, 9.17) is 0 Å². The van der Waals surface area contributed by atoms with Crippen LogP contribution in [0.4, 0.5) is 13.2 Å². The van der Waals surface area contributed by atoms with E-state index in [1.807, 2.05) is 0 Å². The number of carbonyl (C=O) groups is 1. The second-order valence-electron chi connectivity index (χ2n) is 2.33. The molecule has 0 aliphatic carbocycles. The van der Waals surface area contributed by atoms with Gasteiger partial charge in [-0.15, -0.1) is 0 Å². The fourth-order valence-electron chi connectivity index (χ4n) is 0.817. The number of ether oxygens (including phenoxy) is 1. The Hall–Kier alpha value is -1.59. The molecule has 1 aromatic heterocycles. The first kappa shape index (κ1) is 10.5. The summed E-state index contributed by atoms with van der Waals surface area (Å²) in [5.41, 5.74) is -0.451. The Labute approximate surface area is 77.5 Å². The average molecular weight is 205 g/mol. The van der Waals surface area contributed by atoms with Gasteiger partial charge >= 0.3 is 0 Å². The van der Waals surface area contributed by atoms with E-state index in [9.17, 15) is 18.0 Å². The van der Waals surface area contributed by atoms with Gasteiger partial charge in [-0.1, -0.05) is 0 Å². The van der Waals surface area contributed by atoms with Gasteiger partial charge in [0.15, 0.2) is 6.29 Å². The number of rotatable bonds is 4. The average Bonchev–Trinajstić information content (AvgIpc) is 2.14. The highest BCUT2D eigenvalue weighted by molar-refractivity contribution is 5.78. The Kier molecular flexibility index (Phi) is 3.44. The second kappa shape index (κ2) is 4.59. The van der Waals surface area contributed by atoms with Gasteiger partial charge in [0.05, 0.1) is 0 Å². The standard InChI is InChI=1S/C8H6F3NO2/c9-7(10)4-14-6-1-2-12-8(11)5(6)3-13/h1-3,7H,4H2. The van der Waals surface area contributed by atoms with Crippen molar-refractivity contribution in [2.24, 2.45) is 0 Å². The van der Waals surface area contributed by atoms with Crippen molar-refractivity contribution in [1.29, 1.82) is 0 Å². The minimum absolute atomic E-state index is 0.170. The van der Waals surface area contributed by atoms with Crippen molar-refractivity contribution in [3.05, 3.63) is 23.8 Å². The van der Waals surface area contributed by atoms with Crippen molar-refractivity contribution in [1.82, 2.24) is 4.98 Å². The van der Waals surface area contributed by atoms with E-state index in [-0.39, 0.29) is 12.0 Å². The first-order valence-corrected chi connectivity index (χ1v) is 3.65. The molecule has 0 aromatic carbocycles. The van der Waals surface area contributed by atoms with Gasteiger partial charge in [0, 0.05) is 6.20 Å². The number of pyridine rings is 1. The van der Waals surface area contributed by atoms with Gasteiger partial charge < -0.3 is 4.74 Å². The first-order chi connectivity index (χ1) is 6.65. The van der Waals surface area contributed by atoms with E-state index < -0.39 is 24.5 Å². The first-order valence-electron chi connectivity index (χ1n) is 3.65. The highest BCUT2D eigenvalue weighted by atomic mass is 19.3. The normalized spacial score (nSPS) is 10.3. The van der Waals surface area contributed by atoms with Gasteiger partial charge in [-0.25, -0.2) is 13.8 Å². The van der Waals surface area contributed by atoms with Crippen molar-refractivity contribution >= 4 is 6.29 Å². The van der Waals surface area contributed by atoms with E-state index in [0.29, 0.717) is 0 Å². The van der Waals surface area contributed by atoms with Crippen molar-refractivity contribution < 1.29 is 22.7 Å². The van der Waals surface area contributed by atoms with Gasteiger partial charge in [-0.3, -0.25) is 4.79 Å². The summed E-state index contributed by atoms with van der Waals surface area (Å²) in [7, 11) is 0. The van der Waals surface area contributed by atoms with Crippen LogP contribution < -0.4 is 4.74 Å². The molecule has 14 heavy (non-hydrogen) atoms. The van der Waals surface area contributed by atoms with E-state index in [2.05, 4.69) is 9.72 Å². The van der Waals surface area contributed by atoms with Gasteiger partial charge in [0.2, 0.25) is 5.95 Å². The molecule has 0 saturated carbocycles. The lowest BCUT2D eigenvalue weighted by Crippen LogP contribution is -2.09. The summed E-state index contributed by atoms with van der Waals surface area (Å²) < 4.78 is 40.7. The summed E-state index contributed by atoms with van der Waals surface area (Å²) in [5, 5.41) is 0. The number of nitrogens with zero attached hydrogens (tertiary/aromatic N) is 1. The molecule has 0 spiro atoms. The van der Waals surface area contributed by atoms with Crippen LogP contribution >= 0.6 is 0 Å². The summed E-state index contributed by atoms with van der Waals surface area (Å²) in [6.45, 7) is -0.885. The number of alkyl halides is 2. The summed E-state index contributed by atoms with van der Waals surface area (Å²) >= 11 is 0. The molecule has 0 atom stereocenters. The van der Waals surface area contributed by atoms with Crippen LogP contribution in [0.5, 0.6) is 5.75 Å². The molecule has 0 bridgehead atoms. The fraction of sp³-hybridized carbons (Fsp3) is 0.250. The van der Waals surface area contributed by atoms with Crippen LogP contribution in [-0.4, -0.2) is 24.3 Å². The molecular weight excluding hydrogens is 199 g/mol. The molecule has 76 valence electrons. The second-order valence-corrected chi connectivity index (χ2v) is 2.33. The zero-order valence-electron chi connectivity index (χ0n) is 6.91. The third-order valence-electron chi connectivity index (χ3n) is 1.38. The number of hydrogen-bond acceptors (Lipinski definition) is 3. The smallest absolute Gasteiger partial charge is 0.272 e. The molecule has 1 rings (SSSR count). The number of halogens is 3. The molecule has 0 aliphatic heterocycles. The molecule has 6 heteroatoms. The van der Waals surface area contributed by atoms with Crippen molar-refractivity contribution in [2.45, 2.75) is 6.43 Å². The molecule has 0 saturated heterocycles. The van der Waals surface area contributed by atoms with Gasteiger partial charge in [-0.2, -0.15) is 4.39 Å². The Morgan fingerprint density at radius 1 is 1.57 bits per heavy atom. The maximum Gasteiger partial charge on any atom is 0.272 e. The predicted molar refractivity (Wildman–Crippen MR) is 41.1 cm³/mol. The summed E-state index contributed by atoms with van der Waals surface area (Å²) in [5.74, 6) is -1.26. The van der Waals surface area contributed by atoms with Gasteiger partial charge in [0.1, 0.15) is 17.9 Å². The molecule has 0 N–H and O–H groups in total. The van der Waals surface area contributed by atoms with E-state index >= 15 is 0 Å². The molecule has 1 heterocycles. The Balaban J connectivity index is 2.85. The molecule has 0 unspecified atom stereocenters. The van der Waals surface area contributed by atoms with Gasteiger partial charge in [-0.05, 0) is 6.07 Å². The lowest BCUT2D eigenvalue weighted by Gasteiger charge is -2.06. The number of hydrogen-bond donors (Lipinski definition) is 0. The van der Waals surface area contributed by atoms with E-state index in [1.165, 1.54) is 0 Å². The van der Waals surface area contributed by atoms with Gasteiger partial charge in [0.25, 0.3) is 6.43 Å². The lowest BCUT2D eigenvalue weighted by molar-refractivity contribution is 0.0805. The molecule has 0 fully saturated rings. The lowest BCUT2D eigenvalue weighted by atomic mass is 10.3. The highest BCUT2D eigenvalue weighted by Gasteiger charge is 2.11. The third-order valence-corrected chi connectivity index (χ3v) is 1.38. The molecular formula is C8H6F3NO2. The largest absolute Gasteiger partial charge is 0.487 e. The van der Waals surface area contributed by atoms with Crippen LogP contribution in [0.15, 0.2) is 12.3 Å². The topological polar surface area (TPSA) is 39.2 Å². The Morgan fingerprint density at radius 2 is 2.29 bits per heavy atom. The van der Waals surface area contributed by atoms with Crippen LogP contribution in [-0.2, 0) is 0 Å². The minimum atomic E-state index is -2.68. The highest BCUT2D eigenvalue weighted by Crippen LogP contribution is 2.17. The molecule has 3 nitrogen and oxygen atoms in total.